The third-order valence-corrected chi connectivity index (χ3v) is 1.16. The number of hydrogen-bond acceptors (Lipinski definition) is 2. The van der Waals surface area contributed by atoms with E-state index in [2.05, 4.69) is 0 Å². The van der Waals surface area contributed by atoms with Gasteiger partial charge in [0.25, 0.3) is 0 Å². The summed E-state index contributed by atoms with van der Waals surface area (Å²) in [6, 6.07) is 8.72. The van der Waals surface area contributed by atoms with Crippen LogP contribution in [0, 0.1) is 17.9 Å². The van der Waals surface area contributed by atoms with E-state index in [0.29, 0.717) is 11.1 Å². The predicted octanol–water partition coefficient (Wildman–Crippen LogP) is 1.44. The van der Waals surface area contributed by atoms with Crippen molar-refractivity contribution in [3.8, 4) is 6.07 Å². The molecule has 10 heavy (non-hydrogen) atoms. The molecule has 2 heteroatoms. The molecule has 2 nitrogen and oxygen atoms in total. The summed E-state index contributed by atoms with van der Waals surface area (Å²) in [5, 5.41) is 16.9. The molecule has 0 spiro atoms. The largest absolute Gasteiger partial charge is 0.385 e. The zero-order valence-electron chi connectivity index (χ0n) is 5.28. The fourth-order valence-corrected chi connectivity index (χ4v) is 0.689. The highest BCUT2D eigenvalue weighted by molar-refractivity contribution is 5.34. The Morgan fingerprint density at radius 2 is 2.30 bits per heavy atom. The zero-order chi connectivity index (χ0) is 7.40. The topological polar surface area (TPSA) is 44.0 Å². The summed E-state index contributed by atoms with van der Waals surface area (Å²) in [6.45, 7) is 0.973. The SMILES string of the molecule is N#Cc1cccc([CH]O)c1. The van der Waals surface area contributed by atoms with Crippen molar-refractivity contribution in [1.29, 1.82) is 5.26 Å². The van der Waals surface area contributed by atoms with Gasteiger partial charge in [0.1, 0.15) is 6.61 Å². The average molecular weight is 132 g/mol. The Bertz CT molecular complexity index is 262. The van der Waals surface area contributed by atoms with Gasteiger partial charge in [-0.1, -0.05) is 12.1 Å². The minimum atomic E-state index is 0.558. The molecule has 0 saturated heterocycles. The van der Waals surface area contributed by atoms with Gasteiger partial charge in [-0.3, -0.25) is 0 Å². The minimum Gasteiger partial charge on any atom is -0.385 e. The quantitative estimate of drug-likeness (QED) is 0.628. The standard InChI is InChI=1S/C8H6NO/c9-5-7-2-1-3-8(4-7)6-10/h1-4,6,10H. The smallest absolute Gasteiger partial charge is 0.109 e. The molecule has 1 aromatic rings. The summed E-state index contributed by atoms with van der Waals surface area (Å²) in [5.74, 6) is 0. The van der Waals surface area contributed by atoms with Crippen LogP contribution >= 0.6 is 0 Å². The van der Waals surface area contributed by atoms with E-state index in [1.165, 1.54) is 0 Å². The minimum absolute atomic E-state index is 0.558. The maximum Gasteiger partial charge on any atom is 0.109 e. The molecule has 0 saturated carbocycles. The van der Waals surface area contributed by atoms with E-state index >= 15 is 0 Å². The molecule has 0 bridgehead atoms. The van der Waals surface area contributed by atoms with Crippen LogP contribution in [-0.4, -0.2) is 5.11 Å². The van der Waals surface area contributed by atoms with Crippen LogP contribution in [-0.2, 0) is 0 Å². The van der Waals surface area contributed by atoms with Crippen molar-refractivity contribution in [3.63, 3.8) is 0 Å². The molecular weight excluding hydrogens is 126 g/mol. The number of rotatable bonds is 1. The van der Waals surface area contributed by atoms with E-state index in [1.807, 2.05) is 6.07 Å². The molecule has 1 radical (unpaired) electrons. The van der Waals surface area contributed by atoms with E-state index in [9.17, 15) is 0 Å². The number of nitrogens with zero attached hydrogens (tertiary/aromatic N) is 1. The van der Waals surface area contributed by atoms with E-state index in [4.69, 9.17) is 10.4 Å². The lowest BCUT2D eigenvalue weighted by molar-refractivity contribution is 0.415. The van der Waals surface area contributed by atoms with Crippen molar-refractivity contribution in [3.05, 3.63) is 42.0 Å². The first-order valence-corrected chi connectivity index (χ1v) is 2.84. The fraction of sp³-hybridized carbons (Fsp3) is 0. The number of benzene rings is 1. The molecule has 0 fully saturated rings. The first-order valence-electron chi connectivity index (χ1n) is 2.84. The summed E-state index contributed by atoms with van der Waals surface area (Å²) in [6.07, 6.45) is 0. The van der Waals surface area contributed by atoms with Crippen molar-refractivity contribution >= 4 is 0 Å². The first-order chi connectivity index (χ1) is 4.86. The maximum absolute atomic E-state index is 8.52. The first kappa shape index (κ1) is 6.79. The Morgan fingerprint density at radius 3 is 2.90 bits per heavy atom. The second kappa shape index (κ2) is 3.00. The van der Waals surface area contributed by atoms with Crippen molar-refractivity contribution in [1.82, 2.24) is 0 Å². The average Bonchev–Trinajstić information content (AvgIpc) is 2.05. The molecule has 0 aliphatic heterocycles. The lowest BCUT2D eigenvalue weighted by Gasteiger charge is -1.92. The van der Waals surface area contributed by atoms with Crippen LogP contribution in [0.25, 0.3) is 0 Å². The van der Waals surface area contributed by atoms with Crippen LogP contribution in [0.2, 0.25) is 0 Å². The third kappa shape index (κ3) is 1.34. The van der Waals surface area contributed by atoms with Crippen molar-refractivity contribution in [2.45, 2.75) is 0 Å². The molecule has 0 amide bonds. The molecule has 0 aromatic heterocycles. The van der Waals surface area contributed by atoms with Crippen LogP contribution < -0.4 is 0 Å². The Morgan fingerprint density at radius 1 is 1.50 bits per heavy atom. The van der Waals surface area contributed by atoms with Gasteiger partial charge in [-0.15, -0.1) is 0 Å². The Hall–Kier alpha value is -1.33. The molecule has 0 unspecified atom stereocenters. The Balaban J connectivity index is 3.01. The van der Waals surface area contributed by atoms with Gasteiger partial charge in [0.2, 0.25) is 0 Å². The monoisotopic (exact) mass is 132 g/mol. The normalized spacial score (nSPS) is 8.80. The highest BCUT2D eigenvalue weighted by Gasteiger charge is 1.91. The van der Waals surface area contributed by atoms with Gasteiger partial charge in [-0.2, -0.15) is 5.26 Å². The van der Waals surface area contributed by atoms with E-state index < -0.39 is 0 Å². The van der Waals surface area contributed by atoms with Gasteiger partial charge in [-0.05, 0) is 17.7 Å². The van der Waals surface area contributed by atoms with Gasteiger partial charge < -0.3 is 5.11 Å². The molecule has 1 aromatic carbocycles. The summed E-state index contributed by atoms with van der Waals surface area (Å²) in [7, 11) is 0. The van der Waals surface area contributed by atoms with Crippen molar-refractivity contribution < 1.29 is 5.11 Å². The van der Waals surface area contributed by atoms with E-state index in [0.717, 1.165) is 6.61 Å². The molecule has 1 N–H and O–H groups in total. The van der Waals surface area contributed by atoms with Crippen LogP contribution in [0.1, 0.15) is 11.1 Å². The summed E-state index contributed by atoms with van der Waals surface area (Å²) in [4.78, 5) is 0. The second-order valence-corrected chi connectivity index (χ2v) is 1.87. The van der Waals surface area contributed by atoms with Gasteiger partial charge >= 0.3 is 0 Å². The molecule has 1 rings (SSSR count). The van der Waals surface area contributed by atoms with Gasteiger partial charge in [0.15, 0.2) is 0 Å². The third-order valence-electron chi connectivity index (χ3n) is 1.16. The molecule has 0 aliphatic rings. The highest BCUT2D eigenvalue weighted by atomic mass is 16.3. The van der Waals surface area contributed by atoms with E-state index in [-0.39, 0.29) is 0 Å². The molecule has 0 aliphatic carbocycles. The molecule has 49 valence electrons. The summed E-state index contributed by atoms with van der Waals surface area (Å²) >= 11 is 0. The Labute approximate surface area is 59.3 Å². The number of hydrogen-bond donors (Lipinski definition) is 1. The van der Waals surface area contributed by atoms with Crippen LogP contribution in [0.15, 0.2) is 24.3 Å². The molecule has 0 atom stereocenters. The maximum atomic E-state index is 8.52. The Kier molecular flexibility index (Phi) is 2.03. The lowest BCUT2D eigenvalue weighted by atomic mass is 10.1. The van der Waals surface area contributed by atoms with Crippen LogP contribution in [0.5, 0.6) is 0 Å². The summed E-state index contributed by atoms with van der Waals surface area (Å²) < 4.78 is 0. The fourth-order valence-electron chi connectivity index (χ4n) is 0.689. The van der Waals surface area contributed by atoms with Gasteiger partial charge in [-0.25, -0.2) is 0 Å². The van der Waals surface area contributed by atoms with Crippen molar-refractivity contribution in [2.24, 2.45) is 0 Å². The van der Waals surface area contributed by atoms with Crippen LogP contribution in [0.3, 0.4) is 0 Å². The van der Waals surface area contributed by atoms with Crippen molar-refractivity contribution in [2.75, 3.05) is 0 Å². The second-order valence-electron chi connectivity index (χ2n) is 1.87. The molecular formula is C8H6NO. The number of aliphatic hydroxyl groups excluding tert-OH is 1. The van der Waals surface area contributed by atoms with Gasteiger partial charge in [0, 0.05) is 0 Å². The van der Waals surface area contributed by atoms with E-state index in [1.54, 1.807) is 24.3 Å². The molecule has 0 heterocycles. The highest BCUT2D eigenvalue weighted by Crippen LogP contribution is 2.03. The zero-order valence-corrected chi connectivity index (χ0v) is 5.28. The van der Waals surface area contributed by atoms with Crippen LogP contribution in [0.4, 0.5) is 0 Å². The lowest BCUT2D eigenvalue weighted by Crippen LogP contribution is -1.80. The van der Waals surface area contributed by atoms with Gasteiger partial charge in [0.05, 0.1) is 11.6 Å². The number of aliphatic hydroxyl groups is 1. The predicted molar refractivity (Wildman–Crippen MR) is 36.5 cm³/mol. The summed E-state index contributed by atoms with van der Waals surface area (Å²) in [5.41, 5.74) is 1.21. The number of nitriles is 1.